The summed E-state index contributed by atoms with van der Waals surface area (Å²) in [4.78, 5) is 16.6. The number of benzene rings is 3. The lowest BCUT2D eigenvalue weighted by Gasteiger charge is -2.31. The molecule has 0 aliphatic carbocycles. The molecule has 134 valence electrons. The van der Waals surface area contributed by atoms with Crippen LogP contribution in [0.4, 0.5) is 21.9 Å². The monoisotopic (exact) mass is 392 g/mol. The first-order chi connectivity index (χ1) is 13.2. The van der Waals surface area contributed by atoms with Gasteiger partial charge in [-0.25, -0.2) is 10.2 Å². The van der Waals surface area contributed by atoms with Crippen molar-refractivity contribution in [3.05, 3.63) is 78.9 Å². The second-order valence-electron chi connectivity index (χ2n) is 5.75. The molecule has 0 fully saturated rings. The van der Waals surface area contributed by atoms with Gasteiger partial charge in [0.15, 0.2) is 5.11 Å². The lowest BCUT2D eigenvalue weighted by atomic mass is 10.2. The van der Waals surface area contributed by atoms with Gasteiger partial charge in [0.25, 0.3) is 0 Å². The van der Waals surface area contributed by atoms with Gasteiger partial charge in [0.05, 0.1) is 11.4 Å². The van der Waals surface area contributed by atoms with Gasteiger partial charge in [-0.1, -0.05) is 54.2 Å². The van der Waals surface area contributed by atoms with E-state index in [9.17, 15) is 4.79 Å². The minimum absolute atomic E-state index is 0.308. The number of nitrogens with one attached hydrogen (secondary N) is 3. The Kier molecular flexibility index (Phi) is 4.95. The summed E-state index contributed by atoms with van der Waals surface area (Å²) in [6.07, 6.45) is 0. The summed E-state index contributed by atoms with van der Waals surface area (Å²) in [5.74, 6) is 0. The van der Waals surface area contributed by atoms with Crippen molar-refractivity contribution in [3.8, 4) is 0 Å². The second kappa shape index (κ2) is 7.69. The van der Waals surface area contributed by atoms with E-state index in [1.54, 1.807) is 16.7 Å². The SMILES string of the molecule is O=C(NNC(=S)Nc1ccccc1)N1c2ccccc2Sc2ccccc21. The molecule has 0 bridgehead atoms. The molecule has 1 aliphatic rings. The number of hydrogen-bond donors (Lipinski definition) is 3. The molecule has 4 rings (SSSR count). The third-order valence-electron chi connectivity index (χ3n) is 3.95. The number of fused-ring (bicyclic) bond motifs is 2. The average Bonchev–Trinajstić information content (AvgIpc) is 2.71. The number of carbonyl (C=O) groups is 1. The molecule has 1 aliphatic heterocycles. The van der Waals surface area contributed by atoms with Crippen molar-refractivity contribution in [2.75, 3.05) is 10.2 Å². The fraction of sp³-hybridized carbons (Fsp3) is 0. The van der Waals surface area contributed by atoms with Gasteiger partial charge in [-0.05, 0) is 48.6 Å². The molecule has 0 unspecified atom stereocenters. The van der Waals surface area contributed by atoms with Crippen molar-refractivity contribution in [1.29, 1.82) is 0 Å². The Bertz CT molecular complexity index is 949. The topological polar surface area (TPSA) is 56.4 Å². The molecule has 0 atom stereocenters. The van der Waals surface area contributed by atoms with E-state index in [1.165, 1.54) is 0 Å². The van der Waals surface area contributed by atoms with Gasteiger partial charge < -0.3 is 5.32 Å². The van der Waals surface area contributed by atoms with Crippen LogP contribution in [-0.2, 0) is 0 Å². The highest BCUT2D eigenvalue weighted by Gasteiger charge is 2.27. The first-order valence-corrected chi connectivity index (χ1v) is 9.53. The van der Waals surface area contributed by atoms with E-state index in [0.29, 0.717) is 5.11 Å². The first-order valence-electron chi connectivity index (χ1n) is 8.30. The largest absolute Gasteiger partial charge is 0.345 e. The number of hydrogen-bond acceptors (Lipinski definition) is 3. The van der Waals surface area contributed by atoms with Crippen molar-refractivity contribution in [3.63, 3.8) is 0 Å². The number of nitrogens with zero attached hydrogens (tertiary/aromatic N) is 1. The van der Waals surface area contributed by atoms with Crippen LogP contribution in [0.3, 0.4) is 0 Å². The maximum Gasteiger partial charge on any atom is 0.345 e. The Hall–Kier alpha value is -3.03. The molecule has 3 aromatic carbocycles. The molecule has 2 amide bonds. The first kappa shape index (κ1) is 17.4. The number of anilines is 3. The average molecular weight is 393 g/mol. The second-order valence-corrected chi connectivity index (χ2v) is 7.24. The van der Waals surface area contributed by atoms with Crippen LogP contribution in [0, 0.1) is 0 Å². The molecule has 1 heterocycles. The van der Waals surface area contributed by atoms with Crippen LogP contribution in [-0.4, -0.2) is 11.1 Å². The molecule has 0 radical (unpaired) electrons. The number of carbonyl (C=O) groups excluding carboxylic acids is 1. The van der Waals surface area contributed by atoms with E-state index in [0.717, 1.165) is 26.9 Å². The normalized spacial score (nSPS) is 11.8. The quantitative estimate of drug-likeness (QED) is 0.406. The van der Waals surface area contributed by atoms with Gasteiger partial charge in [-0.15, -0.1) is 0 Å². The van der Waals surface area contributed by atoms with Gasteiger partial charge in [0.2, 0.25) is 0 Å². The van der Waals surface area contributed by atoms with E-state index in [4.69, 9.17) is 12.2 Å². The summed E-state index contributed by atoms with van der Waals surface area (Å²) in [5, 5.41) is 3.33. The summed E-state index contributed by atoms with van der Waals surface area (Å²) in [7, 11) is 0. The lowest BCUT2D eigenvalue weighted by molar-refractivity contribution is 0.247. The van der Waals surface area contributed by atoms with Crippen LogP contribution in [0.25, 0.3) is 0 Å². The Morgan fingerprint density at radius 2 is 1.33 bits per heavy atom. The van der Waals surface area contributed by atoms with Crippen LogP contribution in [0.5, 0.6) is 0 Å². The molecular weight excluding hydrogens is 376 g/mol. The molecule has 3 aromatic rings. The Balaban J connectivity index is 1.51. The molecule has 0 aromatic heterocycles. The van der Waals surface area contributed by atoms with Crippen molar-refractivity contribution in [1.82, 2.24) is 10.9 Å². The molecule has 5 nitrogen and oxygen atoms in total. The number of hydrazine groups is 1. The van der Waals surface area contributed by atoms with Crippen molar-refractivity contribution < 1.29 is 4.79 Å². The Morgan fingerprint density at radius 3 is 1.96 bits per heavy atom. The van der Waals surface area contributed by atoms with Crippen LogP contribution in [0.1, 0.15) is 0 Å². The van der Waals surface area contributed by atoms with Crippen LogP contribution in [0.2, 0.25) is 0 Å². The molecule has 0 saturated carbocycles. The summed E-state index contributed by atoms with van der Waals surface area (Å²) in [6.45, 7) is 0. The highest BCUT2D eigenvalue weighted by Crippen LogP contribution is 2.47. The predicted molar refractivity (Wildman–Crippen MR) is 113 cm³/mol. The third-order valence-corrected chi connectivity index (χ3v) is 5.28. The van der Waals surface area contributed by atoms with E-state index >= 15 is 0 Å². The van der Waals surface area contributed by atoms with Crippen molar-refractivity contribution in [2.24, 2.45) is 0 Å². The number of urea groups is 1. The Morgan fingerprint density at radius 1 is 0.778 bits per heavy atom. The predicted octanol–water partition coefficient (Wildman–Crippen LogP) is 4.90. The van der Waals surface area contributed by atoms with Crippen molar-refractivity contribution in [2.45, 2.75) is 9.79 Å². The van der Waals surface area contributed by atoms with E-state index < -0.39 is 0 Å². The summed E-state index contributed by atoms with van der Waals surface area (Å²) >= 11 is 6.90. The van der Waals surface area contributed by atoms with E-state index in [-0.39, 0.29) is 6.03 Å². The summed E-state index contributed by atoms with van der Waals surface area (Å²) in [5.41, 5.74) is 7.95. The fourth-order valence-corrected chi connectivity index (χ4v) is 4.00. The highest BCUT2D eigenvalue weighted by molar-refractivity contribution is 7.99. The minimum atomic E-state index is -0.313. The summed E-state index contributed by atoms with van der Waals surface area (Å²) in [6, 6.07) is 24.8. The van der Waals surface area contributed by atoms with Gasteiger partial charge in [0.1, 0.15) is 0 Å². The van der Waals surface area contributed by atoms with Crippen LogP contribution in [0.15, 0.2) is 88.7 Å². The van der Waals surface area contributed by atoms with Gasteiger partial charge >= 0.3 is 6.03 Å². The molecule has 0 saturated heterocycles. The summed E-state index contributed by atoms with van der Waals surface area (Å²) < 4.78 is 0. The zero-order valence-corrected chi connectivity index (χ0v) is 15.8. The maximum absolute atomic E-state index is 12.9. The van der Waals surface area contributed by atoms with Crippen LogP contribution >= 0.6 is 24.0 Å². The van der Waals surface area contributed by atoms with E-state index in [2.05, 4.69) is 16.2 Å². The molecule has 0 spiro atoms. The molecule has 3 N–H and O–H groups in total. The number of para-hydroxylation sites is 3. The zero-order chi connectivity index (χ0) is 18.6. The lowest BCUT2D eigenvalue weighted by Crippen LogP contribution is -2.49. The number of amides is 2. The molecule has 27 heavy (non-hydrogen) atoms. The van der Waals surface area contributed by atoms with Gasteiger partial charge in [-0.3, -0.25) is 10.3 Å². The molecule has 7 heteroatoms. The van der Waals surface area contributed by atoms with Gasteiger partial charge in [-0.2, -0.15) is 0 Å². The van der Waals surface area contributed by atoms with Crippen LogP contribution < -0.4 is 21.1 Å². The number of thiocarbonyl (C=S) groups is 1. The molecular formula is C20H16N4OS2. The third kappa shape index (κ3) is 3.74. The highest BCUT2D eigenvalue weighted by atomic mass is 32.2. The van der Waals surface area contributed by atoms with Crippen molar-refractivity contribution >= 4 is 52.2 Å². The smallest absolute Gasteiger partial charge is 0.331 e. The fourth-order valence-electron chi connectivity index (χ4n) is 2.77. The minimum Gasteiger partial charge on any atom is -0.331 e. The zero-order valence-electron chi connectivity index (χ0n) is 14.2. The van der Waals surface area contributed by atoms with E-state index in [1.807, 2.05) is 78.9 Å². The standard InChI is InChI=1S/C20H16N4OS2/c25-20(23-22-19(26)21-14-8-2-1-3-9-14)24-15-10-4-6-12-17(15)27-18-13-7-5-11-16(18)24/h1-13H,(H,23,25)(H2,21,22,26). The Labute approximate surface area is 166 Å². The maximum atomic E-state index is 12.9. The number of rotatable bonds is 1. The van der Waals surface area contributed by atoms with Gasteiger partial charge in [0, 0.05) is 15.5 Å².